The maximum absolute atomic E-state index is 14.2. The Morgan fingerprint density at radius 2 is 1.68 bits per heavy atom. The fourth-order valence-corrected chi connectivity index (χ4v) is 4.26. The van der Waals surface area contributed by atoms with Crippen LogP contribution in [0.3, 0.4) is 0 Å². The number of alkyl halides is 6. The third-order valence-electron chi connectivity index (χ3n) is 4.08. The van der Waals surface area contributed by atoms with E-state index < -0.39 is 40.4 Å². The summed E-state index contributed by atoms with van der Waals surface area (Å²) in [5.74, 6) is -1.28. The number of aliphatic imine (C=N–C) groups is 1. The van der Waals surface area contributed by atoms with Crippen LogP contribution in [0.1, 0.15) is 32.0 Å². The lowest BCUT2D eigenvalue weighted by Gasteiger charge is -2.46. The van der Waals surface area contributed by atoms with Crippen molar-refractivity contribution in [2.45, 2.75) is 38.5 Å². The standard InChI is InChI=1S/C16H15BrF6N2/c1-13(2,3)11-12(17)25-7-5-14(11,16(21,22)23)10-8-9(4-6-24-10)15(18,19)20/h4-8,11H,1-3H3. The van der Waals surface area contributed by atoms with Crippen molar-refractivity contribution in [2.75, 3.05) is 0 Å². The predicted octanol–water partition coefficient (Wildman–Crippen LogP) is 5.88. The zero-order valence-corrected chi connectivity index (χ0v) is 15.1. The Bertz CT molecular complexity index is 715. The maximum atomic E-state index is 14.2. The molecule has 0 bridgehead atoms. The zero-order chi connectivity index (χ0) is 19.3. The number of hydrogen-bond acceptors (Lipinski definition) is 2. The summed E-state index contributed by atoms with van der Waals surface area (Å²) in [6.45, 7) is 4.71. The molecule has 2 heterocycles. The van der Waals surface area contributed by atoms with Crippen molar-refractivity contribution in [3.05, 3.63) is 41.9 Å². The zero-order valence-electron chi connectivity index (χ0n) is 13.5. The van der Waals surface area contributed by atoms with Gasteiger partial charge in [-0.25, -0.2) is 0 Å². The molecular formula is C16H15BrF6N2. The van der Waals surface area contributed by atoms with Crippen LogP contribution in [-0.4, -0.2) is 15.8 Å². The number of rotatable bonds is 1. The fourth-order valence-electron chi connectivity index (χ4n) is 3.09. The van der Waals surface area contributed by atoms with Gasteiger partial charge in [-0.2, -0.15) is 26.3 Å². The van der Waals surface area contributed by atoms with E-state index in [4.69, 9.17) is 0 Å². The average Bonchev–Trinajstić information content (AvgIpc) is 2.43. The number of aromatic nitrogens is 1. The fraction of sp³-hybridized carbons (Fsp3) is 0.500. The number of hydrogen-bond donors (Lipinski definition) is 0. The Balaban J connectivity index is 2.81. The minimum absolute atomic E-state index is 0.0130. The van der Waals surface area contributed by atoms with Crippen LogP contribution in [0, 0.1) is 11.3 Å². The lowest BCUT2D eigenvalue weighted by Crippen LogP contribution is -2.55. The molecule has 1 aromatic rings. The highest BCUT2D eigenvalue weighted by molar-refractivity contribution is 9.18. The van der Waals surface area contributed by atoms with E-state index in [0.717, 1.165) is 18.5 Å². The largest absolute Gasteiger partial charge is 0.416 e. The van der Waals surface area contributed by atoms with Gasteiger partial charge in [0.25, 0.3) is 0 Å². The van der Waals surface area contributed by atoms with E-state index in [2.05, 4.69) is 25.9 Å². The molecule has 2 rings (SSSR count). The molecule has 2 nitrogen and oxygen atoms in total. The normalized spacial score (nSPS) is 25.0. The minimum atomic E-state index is -4.88. The molecule has 1 aliphatic heterocycles. The van der Waals surface area contributed by atoms with Crippen LogP contribution in [0.5, 0.6) is 0 Å². The molecule has 0 saturated carbocycles. The maximum Gasteiger partial charge on any atom is 0.416 e. The first-order valence-electron chi connectivity index (χ1n) is 7.22. The van der Waals surface area contributed by atoms with E-state index in [0.29, 0.717) is 12.1 Å². The monoisotopic (exact) mass is 428 g/mol. The molecule has 2 atom stereocenters. The van der Waals surface area contributed by atoms with Gasteiger partial charge in [0.1, 0.15) is 5.41 Å². The van der Waals surface area contributed by atoms with Crippen LogP contribution >= 0.6 is 15.9 Å². The summed E-state index contributed by atoms with van der Waals surface area (Å²) >= 11 is 3.06. The number of halogens is 7. The summed E-state index contributed by atoms with van der Waals surface area (Å²) in [6, 6.07) is 1.11. The van der Waals surface area contributed by atoms with E-state index in [1.54, 1.807) is 20.8 Å². The first kappa shape index (κ1) is 19.9. The molecule has 0 fully saturated rings. The lowest BCUT2D eigenvalue weighted by molar-refractivity contribution is -0.193. The predicted molar refractivity (Wildman–Crippen MR) is 85.4 cm³/mol. The topological polar surface area (TPSA) is 25.2 Å². The van der Waals surface area contributed by atoms with E-state index in [1.165, 1.54) is 0 Å². The highest BCUT2D eigenvalue weighted by atomic mass is 79.9. The van der Waals surface area contributed by atoms with Crippen molar-refractivity contribution in [2.24, 2.45) is 16.3 Å². The molecule has 25 heavy (non-hydrogen) atoms. The van der Waals surface area contributed by atoms with Crippen molar-refractivity contribution < 1.29 is 26.3 Å². The highest BCUT2D eigenvalue weighted by Gasteiger charge is 2.64. The first-order chi connectivity index (χ1) is 11.2. The van der Waals surface area contributed by atoms with E-state index >= 15 is 0 Å². The Morgan fingerprint density at radius 1 is 1.08 bits per heavy atom. The van der Waals surface area contributed by atoms with Gasteiger partial charge in [0.2, 0.25) is 0 Å². The average molecular weight is 429 g/mol. The number of nitrogens with zero attached hydrogens (tertiary/aromatic N) is 2. The molecule has 2 unspecified atom stereocenters. The Hall–Kier alpha value is -1.38. The van der Waals surface area contributed by atoms with Crippen molar-refractivity contribution in [1.82, 2.24) is 4.98 Å². The first-order valence-corrected chi connectivity index (χ1v) is 8.02. The van der Waals surface area contributed by atoms with Gasteiger partial charge < -0.3 is 0 Å². The van der Waals surface area contributed by atoms with Crippen molar-refractivity contribution >= 4 is 20.6 Å². The van der Waals surface area contributed by atoms with Crippen molar-refractivity contribution in [1.29, 1.82) is 0 Å². The molecule has 0 amide bonds. The third kappa shape index (κ3) is 3.47. The van der Waals surface area contributed by atoms with Crippen molar-refractivity contribution in [3.63, 3.8) is 0 Å². The van der Waals surface area contributed by atoms with Crippen LogP contribution in [0.25, 0.3) is 0 Å². The van der Waals surface area contributed by atoms with E-state index in [9.17, 15) is 26.3 Å². The molecule has 9 heteroatoms. The molecule has 1 aromatic heterocycles. The van der Waals surface area contributed by atoms with Gasteiger partial charge in [0, 0.05) is 18.3 Å². The van der Waals surface area contributed by atoms with Gasteiger partial charge in [-0.3, -0.25) is 9.98 Å². The van der Waals surface area contributed by atoms with Crippen LogP contribution in [0.2, 0.25) is 0 Å². The summed E-state index contributed by atoms with van der Waals surface area (Å²) < 4.78 is 81.7. The quantitative estimate of drug-likeness (QED) is 0.512. The highest BCUT2D eigenvalue weighted by Crippen LogP contribution is 2.55. The summed E-state index contributed by atoms with van der Waals surface area (Å²) in [7, 11) is 0. The smallest absolute Gasteiger partial charge is 0.260 e. The van der Waals surface area contributed by atoms with Gasteiger partial charge in [0.15, 0.2) is 0 Å². The summed E-state index contributed by atoms with van der Waals surface area (Å²) in [6.07, 6.45) is -7.17. The molecule has 0 spiro atoms. The van der Waals surface area contributed by atoms with Gasteiger partial charge in [-0.1, -0.05) is 20.8 Å². The van der Waals surface area contributed by atoms with Gasteiger partial charge in [-0.15, -0.1) is 0 Å². The molecule has 0 aliphatic carbocycles. The molecule has 0 radical (unpaired) electrons. The summed E-state index contributed by atoms with van der Waals surface area (Å²) in [5.41, 5.74) is -5.58. The Labute approximate surface area is 149 Å². The summed E-state index contributed by atoms with van der Waals surface area (Å²) in [5, 5.41) is 0. The number of allylic oxidation sites excluding steroid dienone is 1. The van der Waals surface area contributed by atoms with Gasteiger partial charge in [-0.05, 0) is 39.6 Å². The molecule has 138 valence electrons. The Morgan fingerprint density at radius 3 is 2.16 bits per heavy atom. The van der Waals surface area contributed by atoms with Crippen LogP contribution in [0.4, 0.5) is 26.3 Å². The van der Waals surface area contributed by atoms with Crippen LogP contribution < -0.4 is 0 Å². The second-order valence-corrected chi connectivity index (χ2v) is 7.67. The van der Waals surface area contributed by atoms with E-state index in [-0.39, 0.29) is 4.62 Å². The van der Waals surface area contributed by atoms with Crippen molar-refractivity contribution in [3.8, 4) is 0 Å². The SMILES string of the molecule is CC(C)(C)C1C(Br)=NC=CC1(c1cc(C(F)(F)F)ccn1)C(F)(F)F. The Kier molecular flexibility index (Phi) is 4.87. The minimum Gasteiger partial charge on any atom is -0.260 e. The second-order valence-electron chi connectivity index (χ2n) is 6.86. The van der Waals surface area contributed by atoms with Crippen LogP contribution in [-0.2, 0) is 11.6 Å². The molecule has 0 saturated heterocycles. The van der Waals surface area contributed by atoms with Gasteiger partial charge >= 0.3 is 12.4 Å². The van der Waals surface area contributed by atoms with Gasteiger partial charge in [0.05, 0.1) is 15.9 Å². The number of pyridine rings is 1. The third-order valence-corrected chi connectivity index (χ3v) is 4.74. The second kappa shape index (κ2) is 6.10. The summed E-state index contributed by atoms with van der Waals surface area (Å²) in [4.78, 5) is 7.55. The molecule has 1 aliphatic rings. The molecule has 0 aromatic carbocycles. The lowest BCUT2D eigenvalue weighted by atomic mass is 9.61. The molecular weight excluding hydrogens is 414 g/mol. The molecule has 0 N–H and O–H groups in total. The van der Waals surface area contributed by atoms with E-state index in [1.807, 2.05) is 0 Å². The van der Waals surface area contributed by atoms with Crippen LogP contribution in [0.15, 0.2) is 35.6 Å².